The van der Waals surface area contributed by atoms with Crippen molar-refractivity contribution < 1.29 is 9.53 Å². The van der Waals surface area contributed by atoms with Gasteiger partial charge in [-0.1, -0.05) is 42.0 Å². The fraction of sp³-hybridized carbons (Fsp3) is 0.240. The maximum Gasteiger partial charge on any atom is 0.262 e. The lowest BCUT2D eigenvalue weighted by Gasteiger charge is -2.58. The highest BCUT2D eigenvalue weighted by molar-refractivity contribution is 6.13. The summed E-state index contributed by atoms with van der Waals surface area (Å²) in [5, 5.41) is 3.67. The third-order valence-electron chi connectivity index (χ3n) is 5.98. The van der Waals surface area contributed by atoms with Gasteiger partial charge in [0.05, 0.1) is 12.7 Å². The number of methoxy groups -OCH3 is 1. The van der Waals surface area contributed by atoms with Crippen LogP contribution in [0.4, 0.5) is 11.4 Å². The van der Waals surface area contributed by atoms with Crippen LogP contribution in [-0.2, 0) is 6.54 Å². The van der Waals surface area contributed by atoms with Gasteiger partial charge in [0.15, 0.2) is 0 Å². The van der Waals surface area contributed by atoms with Gasteiger partial charge in [0.25, 0.3) is 5.91 Å². The molecule has 0 atom stereocenters. The Morgan fingerprint density at radius 1 is 0.967 bits per heavy atom. The predicted octanol–water partition coefficient (Wildman–Crippen LogP) is 4.29. The van der Waals surface area contributed by atoms with Crippen molar-refractivity contribution >= 4 is 17.3 Å². The van der Waals surface area contributed by atoms with E-state index in [4.69, 9.17) is 4.74 Å². The third kappa shape index (κ3) is 3.12. The number of hydrogen-bond acceptors (Lipinski definition) is 4. The standard InChI is InChI=1S/C25H25N3O2/c1-18-7-9-19(10-8-18)15-27-16-25(17-27)26-23-6-4-3-5-22(23)24(29)28(25)20-11-13-21(30-2)14-12-20/h3-14,26H,15-17H2,1-2H3. The molecule has 5 heteroatoms. The molecular formula is C25H25N3O2. The molecule has 1 amide bonds. The first-order valence-corrected chi connectivity index (χ1v) is 10.2. The molecule has 2 heterocycles. The second-order valence-electron chi connectivity index (χ2n) is 8.17. The molecule has 2 aliphatic rings. The molecule has 5 nitrogen and oxygen atoms in total. The summed E-state index contributed by atoms with van der Waals surface area (Å²) in [5.74, 6) is 0.810. The number of carbonyl (C=O) groups excluding carboxylic acids is 1. The summed E-state index contributed by atoms with van der Waals surface area (Å²) in [6.07, 6.45) is 0. The number of carbonyl (C=O) groups is 1. The SMILES string of the molecule is COc1ccc(N2C(=O)c3ccccc3NC23CN(Cc2ccc(C)cc2)C3)cc1. The highest BCUT2D eigenvalue weighted by Crippen LogP contribution is 2.40. The van der Waals surface area contributed by atoms with Gasteiger partial charge in [0.1, 0.15) is 11.4 Å². The molecule has 0 aromatic heterocycles. The minimum Gasteiger partial charge on any atom is -0.497 e. The van der Waals surface area contributed by atoms with Crippen molar-refractivity contribution in [2.75, 3.05) is 30.4 Å². The van der Waals surface area contributed by atoms with Gasteiger partial charge in [-0.25, -0.2) is 0 Å². The Bertz CT molecular complexity index is 1070. The molecule has 152 valence electrons. The van der Waals surface area contributed by atoms with E-state index in [1.807, 2.05) is 53.4 Å². The third-order valence-corrected chi connectivity index (χ3v) is 5.98. The van der Waals surface area contributed by atoms with Gasteiger partial charge in [-0.2, -0.15) is 0 Å². The molecule has 1 saturated heterocycles. The number of para-hydroxylation sites is 1. The van der Waals surface area contributed by atoms with E-state index in [9.17, 15) is 4.79 Å². The van der Waals surface area contributed by atoms with E-state index >= 15 is 0 Å². The van der Waals surface area contributed by atoms with Gasteiger partial charge in [-0.05, 0) is 48.9 Å². The van der Waals surface area contributed by atoms with Gasteiger partial charge in [-0.3, -0.25) is 14.6 Å². The van der Waals surface area contributed by atoms with Crippen LogP contribution in [0, 0.1) is 6.92 Å². The Morgan fingerprint density at radius 2 is 1.67 bits per heavy atom. The van der Waals surface area contributed by atoms with E-state index in [1.165, 1.54) is 11.1 Å². The highest BCUT2D eigenvalue weighted by Gasteiger charge is 2.53. The predicted molar refractivity (Wildman–Crippen MR) is 119 cm³/mol. The number of nitrogens with one attached hydrogen (secondary N) is 1. The van der Waals surface area contributed by atoms with Crippen molar-refractivity contribution in [1.82, 2.24) is 4.90 Å². The summed E-state index contributed by atoms with van der Waals surface area (Å²) in [6.45, 7) is 4.49. The zero-order chi connectivity index (χ0) is 20.7. The van der Waals surface area contributed by atoms with E-state index in [-0.39, 0.29) is 5.91 Å². The van der Waals surface area contributed by atoms with Crippen LogP contribution in [0.15, 0.2) is 72.8 Å². The van der Waals surface area contributed by atoms with Gasteiger partial charge in [0, 0.05) is 31.0 Å². The van der Waals surface area contributed by atoms with Crippen LogP contribution in [0.25, 0.3) is 0 Å². The summed E-state index contributed by atoms with van der Waals surface area (Å²) >= 11 is 0. The quantitative estimate of drug-likeness (QED) is 0.711. The Kier molecular flexibility index (Phi) is 4.48. The molecular weight excluding hydrogens is 374 g/mol. The average molecular weight is 399 g/mol. The smallest absolute Gasteiger partial charge is 0.262 e. The molecule has 1 fully saturated rings. The summed E-state index contributed by atoms with van der Waals surface area (Å²) in [4.78, 5) is 17.8. The number of aryl methyl sites for hydroxylation is 1. The average Bonchev–Trinajstić information content (AvgIpc) is 2.74. The largest absolute Gasteiger partial charge is 0.497 e. The summed E-state index contributed by atoms with van der Waals surface area (Å²) < 4.78 is 5.30. The minimum absolute atomic E-state index is 0.0319. The number of amides is 1. The lowest BCUT2D eigenvalue weighted by atomic mass is 9.90. The van der Waals surface area contributed by atoms with Crippen molar-refractivity contribution in [3.63, 3.8) is 0 Å². The number of rotatable bonds is 4. The van der Waals surface area contributed by atoms with Crippen LogP contribution in [0.2, 0.25) is 0 Å². The highest BCUT2D eigenvalue weighted by atomic mass is 16.5. The maximum atomic E-state index is 13.5. The molecule has 0 bridgehead atoms. The van der Waals surface area contributed by atoms with E-state index < -0.39 is 5.66 Å². The van der Waals surface area contributed by atoms with Gasteiger partial charge in [0.2, 0.25) is 0 Å². The lowest BCUT2D eigenvalue weighted by Crippen LogP contribution is -2.76. The van der Waals surface area contributed by atoms with Gasteiger partial charge in [-0.15, -0.1) is 0 Å². The number of benzene rings is 3. The zero-order valence-electron chi connectivity index (χ0n) is 17.3. The summed E-state index contributed by atoms with van der Waals surface area (Å²) in [6, 6.07) is 24.1. The monoisotopic (exact) mass is 399 g/mol. The summed E-state index contributed by atoms with van der Waals surface area (Å²) in [5.41, 5.74) is 4.58. The van der Waals surface area contributed by atoms with Crippen molar-refractivity contribution in [2.24, 2.45) is 0 Å². The van der Waals surface area contributed by atoms with Crippen LogP contribution < -0.4 is 15.0 Å². The number of nitrogens with zero attached hydrogens (tertiary/aromatic N) is 2. The van der Waals surface area contributed by atoms with Crippen LogP contribution in [0.1, 0.15) is 21.5 Å². The first-order valence-electron chi connectivity index (χ1n) is 10.2. The molecule has 5 rings (SSSR count). The molecule has 1 spiro atoms. The van der Waals surface area contributed by atoms with E-state index in [0.717, 1.165) is 36.8 Å². The molecule has 0 unspecified atom stereocenters. The number of hydrogen-bond donors (Lipinski definition) is 1. The van der Waals surface area contributed by atoms with Crippen molar-refractivity contribution in [3.8, 4) is 5.75 Å². The zero-order valence-corrected chi connectivity index (χ0v) is 17.3. The van der Waals surface area contributed by atoms with E-state index in [1.54, 1.807) is 7.11 Å². The number of ether oxygens (including phenoxy) is 1. The van der Waals surface area contributed by atoms with Crippen molar-refractivity contribution in [1.29, 1.82) is 0 Å². The molecule has 3 aromatic rings. The maximum absolute atomic E-state index is 13.5. The Labute approximate surface area is 176 Å². The van der Waals surface area contributed by atoms with Crippen molar-refractivity contribution in [2.45, 2.75) is 19.1 Å². The molecule has 0 saturated carbocycles. The van der Waals surface area contributed by atoms with Gasteiger partial charge >= 0.3 is 0 Å². The van der Waals surface area contributed by atoms with E-state index in [2.05, 4.69) is 41.4 Å². The molecule has 3 aromatic carbocycles. The minimum atomic E-state index is -0.454. The first kappa shape index (κ1) is 18.7. The fourth-order valence-electron chi connectivity index (χ4n) is 4.47. The fourth-order valence-corrected chi connectivity index (χ4v) is 4.47. The lowest BCUT2D eigenvalue weighted by molar-refractivity contribution is 0.0609. The molecule has 30 heavy (non-hydrogen) atoms. The molecule has 0 aliphatic carbocycles. The molecule has 2 aliphatic heterocycles. The second kappa shape index (κ2) is 7.18. The number of anilines is 2. The molecule has 1 N–H and O–H groups in total. The summed E-state index contributed by atoms with van der Waals surface area (Å²) in [7, 11) is 1.65. The molecule has 0 radical (unpaired) electrons. The second-order valence-corrected chi connectivity index (χ2v) is 8.17. The van der Waals surface area contributed by atoms with Crippen LogP contribution >= 0.6 is 0 Å². The van der Waals surface area contributed by atoms with Crippen LogP contribution in [-0.4, -0.2) is 36.7 Å². The van der Waals surface area contributed by atoms with Gasteiger partial charge < -0.3 is 10.1 Å². The van der Waals surface area contributed by atoms with Crippen LogP contribution in [0.3, 0.4) is 0 Å². The Balaban J connectivity index is 1.45. The first-order chi connectivity index (χ1) is 14.6. The topological polar surface area (TPSA) is 44.8 Å². The normalized spacial score (nSPS) is 17.3. The van der Waals surface area contributed by atoms with Crippen LogP contribution in [0.5, 0.6) is 5.75 Å². The number of fused-ring (bicyclic) bond motifs is 1. The Morgan fingerprint density at radius 3 is 2.37 bits per heavy atom. The van der Waals surface area contributed by atoms with E-state index in [0.29, 0.717) is 5.56 Å². The van der Waals surface area contributed by atoms with Crippen molar-refractivity contribution in [3.05, 3.63) is 89.5 Å². The number of likely N-dealkylation sites (tertiary alicyclic amines) is 1. The Hall–Kier alpha value is -3.31.